The summed E-state index contributed by atoms with van der Waals surface area (Å²) < 4.78 is 18.7. The molecule has 1 N–H and O–H groups in total. The maximum absolute atomic E-state index is 13.1. The van der Waals surface area contributed by atoms with Gasteiger partial charge >= 0.3 is 5.97 Å². The molecule has 0 unspecified atom stereocenters. The Balaban J connectivity index is 2.10. The number of benzene rings is 1. The monoisotopic (exact) mass is 248 g/mol. The van der Waals surface area contributed by atoms with Crippen LogP contribution in [0, 0.1) is 23.6 Å². The largest absolute Gasteiger partial charge is 0.492 e. The number of carboxylic acid groups (broad SMARTS) is 1. The quantitative estimate of drug-likeness (QED) is 0.832. The summed E-state index contributed by atoms with van der Waals surface area (Å²) >= 11 is 0. The molecule has 0 aliphatic heterocycles. The van der Waals surface area contributed by atoms with Crippen LogP contribution in [0.25, 0.3) is 0 Å². The Morgan fingerprint density at radius 3 is 2.94 bits per heavy atom. The topological polar surface area (TPSA) is 46.5 Å². The lowest BCUT2D eigenvalue weighted by Crippen LogP contribution is -2.01. The van der Waals surface area contributed by atoms with Crippen LogP contribution in [0.15, 0.2) is 18.2 Å². The Labute approximate surface area is 105 Å². The summed E-state index contributed by atoms with van der Waals surface area (Å²) in [5.74, 6) is 4.81. The Morgan fingerprint density at radius 1 is 1.50 bits per heavy atom. The Hall–Kier alpha value is -2.02. The van der Waals surface area contributed by atoms with Crippen LogP contribution in [0.3, 0.4) is 0 Å². The Bertz CT molecular complexity index is 510. The molecule has 0 bridgehead atoms. The number of aliphatic carboxylic acids is 1. The molecule has 18 heavy (non-hydrogen) atoms. The molecule has 1 saturated carbocycles. The van der Waals surface area contributed by atoms with Gasteiger partial charge < -0.3 is 9.84 Å². The number of rotatable bonds is 4. The van der Waals surface area contributed by atoms with Crippen LogP contribution in [0.1, 0.15) is 24.8 Å². The molecule has 1 aliphatic carbocycles. The highest BCUT2D eigenvalue weighted by molar-refractivity contribution is 5.70. The Morgan fingerprint density at radius 2 is 2.28 bits per heavy atom. The fourth-order valence-electron chi connectivity index (χ4n) is 1.43. The van der Waals surface area contributed by atoms with E-state index in [1.165, 1.54) is 31.0 Å². The number of carboxylic acids is 1. The van der Waals surface area contributed by atoms with Gasteiger partial charge in [0.05, 0.1) is 12.2 Å². The molecule has 94 valence electrons. The smallest absolute Gasteiger partial charge is 0.315 e. The van der Waals surface area contributed by atoms with Crippen LogP contribution in [0.4, 0.5) is 4.39 Å². The molecular formula is C14H13FO3. The van der Waals surface area contributed by atoms with E-state index >= 15 is 0 Å². The first-order chi connectivity index (χ1) is 8.65. The van der Waals surface area contributed by atoms with Gasteiger partial charge in [-0.05, 0) is 37.0 Å². The second kappa shape index (κ2) is 5.54. The standard InChI is InChI=1S/C14H13FO3/c15-12-6-7-13(18-9-10-4-5-10)11(8-12)2-1-3-14(16)17/h6-8,10H,3-5,9H2,(H,16,17). The minimum Gasteiger partial charge on any atom is -0.492 e. The number of hydrogen-bond acceptors (Lipinski definition) is 2. The molecule has 1 fully saturated rings. The van der Waals surface area contributed by atoms with Crippen LogP contribution in [0.5, 0.6) is 5.75 Å². The van der Waals surface area contributed by atoms with E-state index in [4.69, 9.17) is 9.84 Å². The molecule has 0 heterocycles. The van der Waals surface area contributed by atoms with Gasteiger partial charge in [0.2, 0.25) is 0 Å². The van der Waals surface area contributed by atoms with Crippen molar-refractivity contribution in [2.45, 2.75) is 19.3 Å². The van der Waals surface area contributed by atoms with Gasteiger partial charge in [-0.1, -0.05) is 11.8 Å². The van der Waals surface area contributed by atoms with Gasteiger partial charge in [-0.15, -0.1) is 0 Å². The summed E-state index contributed by atoms with van der Waals surface area (Å²) in [6, 6.07) is 4.10. The van der Waals surface area contributed by atoms with Gasteiger partial charge in [0.15, 0.2) is 0 Å². The van der Waals surface area contributed by atoms with Crippen molar-refractivity contribution in [1.82, 2.24) is 0 Å². The molecule has 2 rings (SSSR count). The van der Waals surface area contributed by atoms with Crippen LogP contribution in [-0.2, 0) is 4.79 Å². The van der Waals surface area contributed by atoms with Crippen molar-refractivity contribution in [2.75, 3.05) is 6.61 Å². The molecule has 0 aromatic heterocycles. The van der Waals surface area contributed by atoms with Crippen molar-refractivity contribution in [3.05, 3.63) is 29.6 Å². The number of halogens is 1. The second-order valence-electron chi connectivity index (χ2n) is 4.27. The minimum atomic E-state index is -1.00. The van der Waals surface area contributed by atoms with Crippen LogP contribution in [-0.4, -0.2) is 17.7 Å². The third-order valence-corrected chi connectivity index (χ3v) is 2.58. The van der Waals surface area contributed by atoms with Crippen molar-refractivity contribution in [2.24, 2.45) is 5.92 Å². The zero-order chi connectivity index (χ0) is 13.0. The maximum atomic E-state index is 13.1. The highest BCUT2D eigenvalue weighted by atomic mass is 19.1. The second-order valence-corrected chi connectivity index (χ2v) is 4.27. The molecule has 1 aromatic rings. The summed E-state index contributed by atoms with van der Waals surface area (Å²) in [6.07, 6.45) is 2.07. The maximum Gasteiger partial charge on any atom is 0.315 e. The SMILES string of the molecule is O=C(O)CC#Cc1cc(F)ccc1OCC1CC1. The van der Waals surface area contributed by atoms with Gasteiger partial charge in [-0.25, -0.2) is 4.39 Å². The van der Waals surface area contributed by atoms with Crippen molar-refractivity contribution in [1.29, 1.82) is 0 Å². The van der Waals surface area contributed by atoms with E-state index in [1.807, 2.05) is 0 Å². The number of hydrogen-bond donors (Lipinski definition) is 1. The number of ether oxygens (including phenoxy) is 1. The molecule has 0 amide bonds. The molecule has 0 spiro atoms. The average Bonchev–Trinajstić information content (AvgIpc) is 3.11. The van der Waals surface area contributed by atoms with E-state index in [0.717, 1.165) is 0 Å². The summed E-state index contributed by atoms with van der Waals surface area (Å²) in [7, 11) is 0. The van der Waals surface area contributed by atoms with Crippen LogP contribution in [0.2, 0.25) is 0 Å². The normalized spacial score (nSPS) is 13.6. The molecule has 1 aromatic carbocycles. The first kappa shape index (κ1) is 12.4. The molecule has 1 aliphatic rings. The molecular weight excluding hydrogens is 235 g/mol. The summed E-state index contributed by atoms with van der Waals surface area (Å²) in [6.45, 7) is 0.610. The summed E-state index contributed by atoms with van der Waals surface area (Å²) in [4.78, 5) is 10.4. The number of carbonyl (C=O) groups is 1. The summed E-state index contributed by atoms with van der Waals surface area (Å²) in [5.41, 5.74) is 0.400. The van der Waals surface area contributed by atoms with Crippen molar-refractivity contribution in [3.8, 4) is 17.6 Å². The van der Waals surface area contributed by atoms with E-state index < -0.39 is 11.8 Å². The van der Waals surface area contributed by atoms with Gasteiger partial charge in [-0.3, -0.25) is 4.79 Å². The van der Waals surface area contributed by atoms with Crippen LogP contribution < -0.4 is 4.74 Å². The molecule has 3 nitrogen and oxygen atoms in total. The van der Waals surface area contributed by atoms with Gasteiger partial charge in [0.1, 0.15) is 18.0 Å². The first-order valence-corrected chi connectivity index (χ1v) is 5.78. The van der Waals surface area contributed by atoms with Gasteiger partial charge in [0.25, 0.3) is 0 Å². The van der Waals surface area contributed by atoms with E-state index in [9.17, 15) is 9.18 Å². The van der Waals surface area contributed by atoms with Gasteiger partial charge in [-0.2, -0.15) is 0 Å². The predicted octanol–water partition coefficient (Wildman–Crippen LogP) is 2.44. The molecule has 4 heteroatoms. The van der Waals surface area contributed by atoms with E-state index in [2.05, 4.69) is 11.8 Å². The lowest BCUT2D eigenvalue weighted by atomic mass is 10.2. The van der Waals surface area contributed by atoms with Crippen molar-refractivity contribution < 1.29 is 19.0 Å². The zero-order valence-corrected chi connectivity index (χ0v) is 9.78. The molecule has 0 saturated heterocycles. The first-order valence-electron chi connectivity index (χ1n) is 5.78. The van der Waals surface area contributed by atoms with Crippen LogP contribution >= 0.6 is 0 Å². The minimum absolute atomic E-state index is 0.265. The van der Waals surface area contributed by atoms with E-state index in [0.29, 0.717) is 23.8 Å². The third kappa shape index (κ3) is 3.77. The molecule has 0 atom stereocenters. The summed E-state index contributed by atoms with van der Waals surface area (Å²) in [5, 5.41) is 8.49. The Kier molecular flexibility index (Phi) is 3.83. The zero-order valence-electron chi connectivity index (χ0n) is 9.78. The fraction of sp³-hybridized carbons (Fsp3) is 0.357. The molecule has 0 radical (unpaired) electrons. The lowest BCUT2D eigenvalue weighted by Gasteiger charge is -2.07. The highest BCUT2D eigenvalue weighted by Gasteiger charge is 2.22. The average molecular weight is 248 g/mol. The van der Waals surface area contributed by atoms with E-state index in [1.54, 1.807) is 0 Å². The lowest BCUT2D eigenvalue weighted by molar-refractivity contribution is -0.135. The highest BCUT2D eigenvalue weighted by Crippen LogP contribution is 2.30. The fourth-order valence-corrected chi connectivity index (χ4v) is 1.43. The van der Waals surface area contributed by atoms with Gasteiger partial charge in [0, 0.05) is 0 Å². The van der Waals surface area contributed by atoms with Crippen molar-refractivity contribution >= 4 is 5.97 Å². The predicted molar refractivity (Wildman–Crippen MR) is 63.7 cm³/mol. The van der Waals surface area contributed by atoms with E-state index in [-0.39, 0.29) is 6.42 Å². The van der Waals surface area contributed by atoms with Crippen molar-refractivity contribution in [3.63, 3.8) is 0 Å². The third-order valence-electron chi connectivity index (χ3n) is 2.58.